The highest BCUT2D eigenvalue weighted by Gasteiger charge is 2.46. The van der Waals surface area contributed by atoms with Crippen LogP contribution in [0.25, 0.3) is 0 Å². The second-order valence-electron chi connectivity index (χ2n) is 6.21. The average Bonchev–Trinajstić information content (AvgIpc) is 3.18. The molecule has 1 N–H and O–H groups in total. The molecule has 1 atom stereocenters. The van der Waals surface area contributed by atoms with Crippen LogP contribution in [0.3, 0.4) is 0 Å². The zero-order valence-electron chi connectivity index (χ0n) is 12.0. The van der Waals surface area contributed by atoms with Gasteiger partial charge in [0, 0.05) is 44.3 Å². The molecule has 1 aromatic rings. The van der Waals surface area contributed by atoms with Crippen LogP contribution in [0.4, 0.5) is 0 Å². The number of hydrogen-bond acceptors (Lipinski definition) is 3. The molecule has 2 aliphatic rings. The lowest BCUT2D eigenvalue weighted by atomic mass is 9.90. The Kier molecular flexibility index (Phi) is 3.36. The summed E-state index contributed by atoms with van der Waals surface area (Å²) in [7, 11) is 1.91. The third-order valence-corrected chi connectivity index (χ3v) is 5.31. The second kappa shape index (κ2) is 4.76. The summed E-state index contributed by atoms with van der Waals surface area (Å²) in [5, 5.41) is 8.76. The van der Waals surface area contributed by atoms with Gasteiger partial charge in [-0.25, -0.2) is 0 Å². The Hall–Kier alpha value is -0.580. The molecular formula is C14H23ClN4. The SMILES string of the molecule is Cc1nn(C)c(Cl)c1CN1CCNCC1(C)C1CC1. The van der Waals surface area contributed by atoms with Crippen molar-refractivity contribution in [3.63, 3.8) is 0 Å². The fourth-order valence-corrected chi connectivity index (χ4v) is 3.57. The van der Waals surface area contributed by atoms with Gasteiger partial charge in [-0.2, -0.15) is 5.10 Å². The minimum absolute atomic E-state index is 0.282. The van der Waals surface area contributed by atoms with Crippen LogP contribution < -0.4 is 5.32 Å². The average molecular weight is 283 g/mol. The van der Waals surface area contributed by atoms with Crippen LogP contribution in [0.1, 0.15) is 31.0 Å². The fraction of sp³-hybridized carbons (Fsp3) is 0.786. The Morgan fingerprint density at radius 3 is 2.79 bits per heavy atom. The molecule has 1 saturated carbocycles. The number of halogens is 1. The Bertz CT molecular complexity index is 480. The normalized spacial score (nSPS) is 28.8. The summed E-state index contributed by atoms with van der Waals surface area (Å²) in [5.74, 6) is 0.844. The summed E-state index contributed by atoms with van der Waals surface area (Å²) in [4.78, 5) is 2.61. The standard InChI is InChI=1S/C14H23ClN4/c1-10-12(13(15)18(3)17-10)8-19-7-6-16-9-14(19,2)11-4-5-11/h11,16H,4-9H2,1-3H3. The molecule has 1 aliphatic heterocycles. The predicted octanol–water partition coefficient (Wildman–Crippen LogP) is 1.96. The molecule has 5 heteroatoms. The molecule has 0 spiro atoms. The smallest absolute Gasteiger partial charge is 0.131 e. The molecular weight excluding hydrogens is 260 g/mol. The molecule has 1 saturated heterocycles. The Morgan fingerprint density at radius 2 is 2.21 bits per heavy atom. The largest absolute Gasteiger partial charge is 0.314 e. The topological polar surface area (TPSA) is 33.1 Å². The van der Waals surface area contributed by atoms with E-state index in [0.717, 1.165) is 42.9 Å². The van der Waals surface area contributed by atoms with Gasteiger partial charge in [-0.3, -0.25) is 9.58 Å². The number of aryl methyl sites for hydroxylation is 2. The van der Waals surface area contributed by atoms with Crippen molar-refractivity contribution < 1.29 is 0 Å². The molecule has 0 aromatic carbocycles. The van der Waals surface area contributed by atoms with Crippen molar-refractivity contribution in [2.75, 3.05) is 19.6 Å². The van der Waals surface area contributed by atoms with E-state index in [1.807, 2.05) is 7.05 Å². The summed E-state index contributed by atoms with van der Waals surface area (Å²) in [5.41, 5.74) is 2.53. The molecule has 19 heavy (non-hydrogen) atoms. The van der Waals surface area contributed by atoms with Gasteiger partial charge in [0.1, 0.15) is 5.15 Å². The summed E-state index contributed by atoms with van der Waals surface area (Å²) >= 11 is 6.38. The van der Waals surface area contributed by atoms with E-state index in [2.05, 4.69) is 29.2 Å². The predicted molar refractivity (Wildman–Crippen MR) is 77.4 cm³/mol. The third kappa shape index (κ3) is 2.30. The van der Waals surface area contributed by atoms with Crippen LogP contribution in [-0.2, 0) is 13.6 Å². The first-order valence-corrected chi connectivity index (χ1v) is 7.54. The zero-order valence-corrected chi connectivity index (χ0v) is 12.8. The second-order valence-corrected chi connectivity index (χ2v) is 6.57. The van der Waals surface area contributed by atoms with Crippen molar-refractivity contribution in [2.45, 2.75) is 38.8 Å². The number of nitrogens with one attached hydrogen (secondary N) is 1. The van der Waals surface area contributed by atoms with Gasteiger partial charge in [-0.05, 0) is 32.6 Å². The van der Waals surface area contributed by atoms with E-state index in [0.29, 0.717) is 0 Å². The van der Waals surface area contributed by atoms with Crippen LogP contribution in [0.5, 0.6) is 0 Å². The number of nitrogens with zero attached hydrogens (tertiary/aromatic N) is 3. The van der Waals surface area contributed by atoms with E-state index in [1.165, 1.54) is 18.4 Å². The highest BCUT2D eigenvalue weighted by molar-refractivity contribution is 6.30. The Balaban J connectivity index is 1.84. The van der Waals surface area contributed by atoms with Crippen molar-refractivity contribution in [3.8, 4) is 0 Å². The van der Waals surface area contributed by atoms with E-state index < -0.39 is 0 Å². The highest BCUT2D eigenvalue weighted by Crippen LogP contribution is 2.44. The van der Waals surface area contributed by atoms with E-state index in [-0.39, 0.29) is 5.54 Å². The van der Waals surface area contributed by atoms with Gasteiger partial charge in [0.25, 0.3) is 0 Å². The summed E-state index contributed by atoms with van der Waals surface area (Å²) in [6, 6.07) is 0. The van der Waals surface area contributed by atoms with E-state index >= 15 is 0 Å². The van der Waals surface area contributed by atoms with Crippen molar-refractivity contribution >= 4 is 11.6 Å². The van der Waals surface area contributed by atoms with Gasteiger partial charge < -0.3 is 5.32 Å². The first-order valence-electron chi connectivity index (χ1n) is 7.16. The summed E-state index contributed by atoms with van der Waals surface area (Å²) in [6.07, 6.45) is 2.74. The van der Waals surface area contributed by atoms with Crippen molar-refractivity contribution in [1.29, 1.82) is 0 Å². The molecule has 0 bridgehead atoms. The van der Waals surface area contributed by atoms with Gasteiger partial charge >= 0.3 is 0 Å². The zero-order chi connectivity index (χ0) is 13.6. The Morgan fingerprint density at radius 1 is 1.47 bits per heavy atom. The molecule has 4 nitrogen and oxygen atoms in total. The number of rotatable bonds is 3. The van der Waals surface area contributed by atoms with Crippen molar-refractivity contribution in [2.24, 2.45) is 13.0 Å². The maximum Gasteiger partial charge on any atom is 0.131 e. The van der Waals surface area contributed by atoms with Crippen LogP contribution in [0.15, 0.2) is 0 Å². The summed E-state index contributed by atoms with van der Waals surface area (Å²) in [6.45, 7) is 8.63. The van der Waals surface area contributed by atoms with Gasteiger partial charge in [0.2, 0.25) is 0 Å². The molecule has 0 amide bonds. The number of aromatic nitrogens is 2. The Labute approximate surface area is 120 Å². The van der Waals surface area contributed by atoms with Crippen LogP contribution >= 0.6 is 11.6 Å². The first-order chi connectivity index (χ1) is 9.02. The van der Waals surface area contributed by atoms with Crippen LogP contribution in [0.2, 0.25) is 5.15 Å². The molecule has 3 rings (SSSR count). The fourth-order valence-electron chi connectivity index (χ4n) is 3.33. The number of piperazine rings is 1. The lowest BCUT2D eigenvalue weighted by Gasteiger charge is -2.46. The van der Waals surface area contributed by atoms with Crippen LogP contribution in [-0.4, -0.2) is 39.9 Å². The quantitative estimate of drug-likeness (QED) is 0.920. The molecule has 1 aromatic heterocycles. The maximum atomic E-state index is 6.38. The molecule has 0 radical (unpaired) electrons. The van der Waals surface area contributed by atoms with Crippen molar-refractivity contribution in [3.05, 3.63) is 16.4 Å². The molecule has 2 fully saturated rings. The molecule has 106 valence electrons. The lowest BCUT2D eigenvalue weighted by molar-refractivity contribution is 0.0483. The minimum atomic E-state index is 0.282. The highest BCUT2D eigenvalue weighted by atomic mass is 35.5. The minimum Gasteiger partial charge on any atom is -0.314 e. The first kappa shape index (κ1) is 13.4. The van der Waals surface area contributed by atoms with E-state index in [9.17, 15) is 0 Å². The van der Waals surface area contributed by atoms with E-state index in [1.54, 1.807) is 4.68 Å². The molecule has 1 unspecified atom stereocenters. The van der Waals surface area contributed by atoms with Gasteiger partial charge in [-0.1, -0.05) is 11.6 Å². The van der Waals surface area contributed by atoms with Gasteiger partial charge in [0.05, 0.1) is 5.69 Å². The maximum absolute atomic E-state index is 6.38. The lowest BCUT2D eigenvalue weighted by Crippen LogP contribution is -2.60. The van der Waals surface area contributed by atoms with Gasteiger partial charge in [0.15, 0.2) is 0 Å². The molecule has 2 heterocycles. The van der Waals surface area contributed by atoms with E-state index in [4.69, 9.17) is 11.6 Å². The number of hydrogen-bond donors (Lipinski definition) is 1. The van der Waals surface area contributed by atoms with Gasteiger partial charge in [-0.15, -0.1) is 0 Å². The van der Waals surface area contributed by atoms with Crippen molar-refractivity contribution in [1.82, 2.24) is 20.0 Å². The van der Waals surface area contributed by atoms with Crippen LogP contribution in [0, 0.1) is 12.8 Å². The summed E-state index contributed by atoms with van der Waals surface area (Å²) < 4.78 is 1.78. The molecule has 1 aliphatic carbocycles. The monoisotopic (exact) mass is 282 g/mol. The third-order valence-electron chi connectivity index (χ3n) is 4.84.